The Morgan fingerprint density at radius 1 is 1.43 bits per heavy atom. The Labute approximate surface area is 75.0 Å². The number of aromatic hydroxyl groups is 1. The van der Waals surface area contributed by atoms with Crippen molar-refractivity contribution in [2.75, 3.05) is 0 Å². The first-order valence-electron chi connectivity index (χ1n) is 3.22. The van der Waals surface area contributed by atoms with Crippen LogP contribution in [0.2, 0.25) is 0 Å². The van der Waals surface area contributed by atoms with Crippen LogP contribution < -0.4 is 0 Å². The van der Waals surface area contributed by atoms with Crippen molar-refractivity contribution in [2.24, 2.45) is 0 Å². The number of nitrogens with zero attached hydrogens (tertiary/aromatic N) is 2. The summed E-state index contributed by atoms with van der Waals surface area (Å²) in [5.74, 6) is -1.11. The highest BCUT2D eigenvalue weighted by atomic mass is 19.4. The van der Waals surface area contributed by atoms with E-state index in [0.29, 0.717) is 6.20 Å². The highest BCUT2D eigenvalue weighted by molar-refractivity contribution is 5.50. The maximum Gasteiger partial charge on any atom is 0.424 e. The van der Waals surface area contributed by atoms with Gasteiger partial charge < -0.3 is 5.11 Å². The van der Waals surface area contributed by atoms with E-state index in [1.54, 1.807) is 0 Å². The number of nitro groups is 1. The number of pyridine rings is 1. The van der Waals surface area contributed by atoms with Gasteiger partial charge in [-0.3, -0.25) is 15.1 Å². The molecule has 1 aromatic rings. The maximum absolute atomic E-state index is 12.1. The second-order valence-electron chi connectivity index (χ2n) is 2.31. The summed E-state index contributed by atoms with van der Waals surface area (Å²) in [7, 11) is 0. The molecule has 0 bridgehead atoms. The van der Waals surface area contributed by atoms with Crippen LogP contribution in [0.3, 0.4) is 0 Å². The summed E-state index contributed by atoms with van der Waals surface area (Å²) < 4.78 is 36.4. The lowest BCUT2D eigenvalue weighted by Gasteiger charge is -2.06. The molecular formula is C6H3F3N2O3. The summed E-state index contributed by atoms with van der Waals surface area (Å²) in [5, 5.41) is 19.0. The van der Waals surface area contributed by atoms with Gasteiger partial charge in [-0.15, -0.1) is 0 Å². The van der Waals surface area contributed by atoms with Crippen LogP contribution in [0, 0.1) is 10.1 Å². The fraction of sp³-hybridized carbons (Fsp3) is 0.167. The van der Waals surface area contributed by atoms with Crippen molar-refractivity contribution in [3.63, 3.8) is 0 Å². The van der Waals surface area contributed by atoms with Crippen LogP contribution in [0.15, 0.2) is 12.4 Å². The second kappa shape index (κ2) is 3.13. The fourth-order valence-electron chi connectivity index (χ4n) is 0.842. The fourth-order valence-corrected chi connectivity index (χ4v) is 0.842. The van der Waals surface area contributed by atoms with E-state index < -0.39 is 28.1 Å². The smallest absolute Gasteiger partial charge is 0.424 e. The van der Waals surface area contributed by atoms with Crippen molar-refractivity contribution in [1.82, 2.24) is 4.98 Å². The highest BCUT2D eigenvalue weighted by Crippen LogP contribution is 2.39. The zero-order valence-electron chi connectivity index (χ0n) is 6.45. The third-order valence-corrected chi connectivity index (χ3v) is 1.39. The van der Waals surface area contributed by atoms with Crippen molar-refractivity contribution in [3.05, 3.63) is 28.1 Å². The zero-order chi connectivity index (χ0) is 10.9. The molecule has 0 saturated heterocycles. The molecule has 0 saturated carbocycles. The Morgan fingerprint density at radius 2 is 2.00 bits per heavy atom. The van der Waals surface area contributed by atoms with Gasteiger partial charge in [-0.1, -0.05) is 0 Å². The van der Waals surface area contributed by atoms with Crippen LogP contribution in [0.1, 0.15) is 5.56 Å². The Balaban J connectivity index is 3.44. The van der Waals surface area contributed by atoms with Gasteiger partial charge in [-0.2, -0.15) is 13.2 Å². The first-order valence-corrected chi connectivity index (χ1v) is 3.22. The number of rotatable bonds is 1. The summed E-state index contributed by atoms with van der Waals surface area (Å²) >= 11 is 0. The van der Waals surface area contributed by atoms with Crippen molar-refractivity contribution in [2.45, 2.75) is 6.18 Å². The minimum absolute atomic E-state index is 0.290. The molecule has 76 valence electrons. The topological polar surface area (TPSA) is 76.3 Å². The summed E-state index contributed by atoms with van der Waals surface area (Å²) in [6, 6.07) is 0. The van der Waals surface area contributed by atoms with Crippen LogP contribution in [-0.2, 0) is 6.18 Å². The first kappa shape index (κ1) is 10.2. The van der Waals surface area contributed by atoms with Gasteiger partial charge >= 0.3 is 11.9 Å². The van der Waals surface area contributed by atoms with Crippen molar-refractivity contribution in [3.8, 4) is 5.75 Å². The molecule has 8 heteroatoms. The Bertz CT molecular complexity index is 377. The van der Waals surface area contributed by atoms with Gasteiger partial charge in [0.15, 0.2) is 5.56 Å². The molecular weight excluding hydrogens is 205 g/mol. The molecule has 1 N–H and O–H groups in total. The Kier molecular flexibility index (Phi) is 2.28. The zero-order valence-corrected chi connectivity index (χ0v) is 6.45. The number of hydrogen-bond donors (Lipinski definition) is 1. The van der Waals surface area contributed by atoms with Gasteiger partial charge in [0, 0.05) is 6.20 Å². The molecule has 0 aromatic carbocycles. The monoisotopic (exact) mass is 208 g/mol. The van der Waals surface area contributed by atoms with Crippen LogP contribution >= 0.6 is 0 Å². The molecule has 1 aromatic heterocycles. The molecule has 0 unspecified atom stereocenters. The van der Waals surface area contributed by atoms with Crippen LogP contribution in [0.4, 0.5) is 18.9 Å². The summed E-state index contributed by atoms with van der Waals surface area (Å²) in [4.78, 5) is 11.9. The lowest BCUT2D eigenvalue weighted by atomic mass is 10.2. The van der Waals surface area contributed by atoms with Crippen molar-refractivity contribution >= 4 is 5.69 Å². The molecule has 0 spiro atoms. The number of alkyl halides is 3. The van der Waals surface area contributed by atoms with Crippen molar-refractivity contribution < 1.29 is 23.2 Å². The molecule has 0 aliphatic rings. The van der Waals surface area contributed by atoms with E-state index in [-0.39, 0.29) is 6.20 Å². The highest BCUT2D eigenvalue weighted by Gasteiger charge is 2.40. The molecule has 1 heterocycles. The number of hydrogen-bond acceptors (Lipinski definition) is 4. The quantitative estimate of drug-likeness (QED) is 0.563. The average Bonchev–Trinajstić information content (AvgIpc) is 2.01. The molecule has 0 radical (unpaired) electrons. The molecule has 0 amide bonds. The lowest BCUT2D eigenvalue weighted by molar-refractivity contribution is -0.389. The van der Waals surface area contributed by atoms with E-state index in [1.165, 1.54) is 0 Å². The standard InChI is InChI=1S/C6H3F3N2O3/c7-6(8,9)3-1-10-2-4(12)5(3)11(13)14/h1-2,12H. The SMILES string of the molecule is O=[N+]([O-])c1c(O)cncc1C(F)(F)F. The van der Waals surface area contributed by atoms with E-state index in [9.17, 15) is 23.3 Å². The number of halogens is 3. The van der Waals surface area contributed by atoms with E-state index in [2.05, 4.69) is 4.98 Å². The number of aromatic nitrogens is 1. The molecule has 14 heavy (non-hydrogen) atoms. The Morgan fingerprint density at radius 3 is 2.36 bits per heavy atom. The minimum atomic E-state index is -4.91. The van der Waals surface area contributed by atoms with Gasteiger partial charge in [0.2, 0.25) is 5.75 Å². The van der Waals surface area contributed by atoms with E-state index >= 15 is 0 Å². The lowest BCUT2D eigenvalue weighted by Crippen LogP contribution is -2.09. The predicted octanol–water partition coefficient (Wildman–Crippen LogP) is 1.71. The van der Waals surface area contributed by atoms with Gasteiger partial charge in [0.05, 0.1) is 11.1 Å². The molecule has 0 aliphatic carbocycles. The molecule has 5 nitrogen and oxygen atoms in total. The van der Waals surface area contributed by atoms with Crippen LogP contribution in [0.5, 0.6) is 5.75 Å². The van der Waals surface area contributed by atoms with Crippen molar-refractivity contribution in [1.29, 1.82) is 0 Å². The second-order valence-corrected chi connectivity index (χ2v) is 2.31. The van der Waals surface area contributed by atoms with Crippen LogP contribution in [-0.4, -0.2) is 15.0 Å². The largest absolute Gasteiger partial charge is 0.501 e. The van der Waals surface area contributed by atoms with Gasteiger partial charge in [-0.25, -0.2) is 0 Å². The normalized spacial score (nSPS) is 11.4. The molecule has 0 fully saturated rings. The average molecular weight is 208 g/mol. The molecule has 0 aliphatic heterocycles. The molecule has 0 atom stereocenters. The summed E-state index contributed by atoms with van der Waals surface area (Å²) in [6.07, 6.45) is -4.04. The summed E-state index contributed by atoms with van der Waals surface area (Å²) in [5.41, 5.74) is -2.95. The first-order chi connectivity index (χ1) is 6.34. The van der Waals surface area contributed by atoms with Crippen LogP contribution in [0.25, 0.3) is 0 Å². The maximum atomic E-state index is 12.1. The van der Waals surface area contributed by atoms with Gasteiger partial charge in [0.25, 0.3) is 0 Å². The minimum Gasteiger partial charge on any atom is -0.501 e. The predicted molar refractivity (Wildman–Crippen MR) is 37.6 cm³/mol. The van der Waals surface area contributed by atoms with Gasteiger partial charge in [-0.05, 0) is 0 Å². The van der Waals surface area contributed by atoms with E-state index in [1.807, 2.05) is 0 Å². The van der Waals surface area contributed by atoms with E-state index in [4.69, 9.17) is 5.11 Å². The third kappa shape index (κ3) is 1.73. The molecule has 1 rings (SSSR count). The van der Waals surface area contributed by atoms with Gasteiger partial charge in [0.1, 0.15) is 0 Å². The van der Waals surface area contributed by atoms with E-state index in [0.717, 1.165) is 0 Å². The Hall–Kier alpha value is -1.86. The third-order valence-electron chi connectivity index (χ3n) is 1.39. The summed E-state index contributed by atoms with van der Waals surface area (Å²) in [6.45, 7) is 0.